The Morgan fingerprint density at radius 3 is 2.29 bits per heavy atom. The quantitative estimate of drug-likeness (QED) is 0.281. The van der Waals surface area contributed by atoms with Crippen LogP contribution in [0.25, 0.3) is 11.6 Å². The molecular formula is C26H22F4O. The van der Waals surface area contributed by atoms with Crippen LogP contribution in [0.2, 0.25) is 0 Å². The lowest BCUT2D eigenvalue weighted by atomic mass is 10.0. The summed E-state index contributed by atoms with van der Waals surface area (Å²) in [6.07, 6.45) is -0.216. The molecule has 0 bridgehead atoms. The van der Waals surface area contributed by atoms with Crippen LogP contribution in [-0.4, -0.2) is 12.8 Å². The van der Waals surface area contributed by atoms with Gasteiger partial charge in [0.25, 0.3) is 0 Å². The van der Waals surface area contributed by atoms with Gasteiger partial charge in [-0.1, -0.05) is 60.7 Å². The number of hydrogen-bond donors (Lipinski definition) is 0. The summed E-state index contributed by atoms with van der Waals surface area (Å²) in [6.45, 7) is 2.24. The first-order chi connectivity index (χ1) is 14.9. The van der Waals surface area contributed by atoms with Crippen molar-refractivity contribution >= 4 is 11.6 Å². The van der Waals surface area contributed by atoms with Crippen LogP contribution < -0.4 is 4.74 Å². The Morgan fingerprint density at radius 1 is 0.935 bits per heavy atom. The van der Waals surface area contributed by atoms with Gasteiger partial charge in [0, 0.05) is 6.42 Å². The first kappa shape index (κ1) is 22.3. The highest BCUT2D eigenvalue weighted by Crippen LogP contribution is 2.34. The van der Waals surface area contributed by atoms with Gasteiger partial charge in [0.15, 0.2) is 0 Å². The Kier molecular flexibility index (Phi) is 7.29. The predicted molar refractivity (Wildman–Crippen MR) is 116 cm³/mol. The van der Waals surface area contributed by atoms with Crippen LogP contribution in [-0.2, 0) is 6.42 Å². The Hall–Kier alpha value is -3.34. The largest absolute Gasteiger partial charge is 0.494 e. The molecule has 0 aliphatic heterocycles. The Labute approximate surface area is 179 Å². The van der Waals surface area contributed by atoms with Crippen molar-refractivity contribution in [3.63, 3.8) is 0 Å². The third-order valence-corrected chi connectivity index (χ3v) is 4.64. The van der Waals surface area contributed by atoms with Crippen LogP contribution in [0.3, 0.4) is 0 Å². The maximum Gasteiger partial charge on any atom is 0.416 e. The summed E-state index contributed by atoms with van der Waals surface area (Å²) in [5.41, 5.74) is 1.34. The predicted octanol–water partition coefficient (Wildman–Crippen LogP) is 7.47. The molecule has 3 aromatic rings. The zero-order chi connectivity index (χ0) is 22.3. The van der Waals surface area contributed by atoms with Gasteiger partial charge in [-0.2, -0.15) is 13.2 Å². The topological polar surface area (TPSA) is 9.23 Å². The monoisotopic (exact) mass is 426 g/mol. The second-order valence-electron chi connectivity index (χ2n) is 6.91. The summed E-state index contributed by atoms with van der Waals surface area (Å²) in [5, 5.41) is 0. The van der Waals surface area contributed by atoms with Crippen LogP contribution in [0.4, 0.5) is 17.6 Å². The smallest absolute Gasteiger partial charge is 0.416 e. The Morgan fingerprint density at radius 2 is 1.65 bits per heavy atom. The summed E-state index contributed by atoms with van der Waals surface area (Å²) in [7, 11) is 0. The zero-order valence-electron chi connectivity index (χ0n) is 17.0. The van der Waals surface area contributed by atoms with Gasteiger partial charge in [-0.05, 0) is 59.5 Å². The minimum Gasteiger partial charge on any atom is -0.494 e. The highest BCUT2D eigenvalue weighted by molar-refractivity contribution is 5.72. The average Bonchev–Trinajstić information content (AvgIpc) is 2.74. The molecule has 160 valence electrons. The van der Waals surface area contributed by atoms with Crippen molar-refractivity contribution < 1.29 is 22.3 Å². The van der Waals surface area contributed by atoms with E-state index in [4.69, 9.17) is 4.74 Å². The normalized spacial score (nSPS) is 12.4. The molecule has 0 aliphatic carbocycles. The molecule has 0 saturated carbocycles. The molecule has 0 radical (unpaired) electrons. The van der Waals surface area contributed by atoms with Crippen molar-refractivity contribution in [2.24, 2.45) is 0 Å². The van der Waals surface area contributed by atoms with E-state index in [0.29, 0.717) is 29.9 Å². The summed E-state index contributed by atoms with van der Waals surface area (Å²) in [6, 6.07) is 19.7. The van der Waals surface area contributed by atoms with Gasteiger partial charge in [-0.3, -0.25) is 0 Å². The van der Waals surface area contributed by atoms with E-state index in [1.54, 1.807) is 13.0 Å². The lowest BCUT2D eigenvalue weighted by Gasteiger charge is -2.12. The molecule has 0 atom stereocenters. The van der Waals surface area contributed by atoms with E-state index < -0.39 is 11.7 Å². The van der Waals surface area contributed by atoms with Crippen LogP contribution in [0.1, 0.15) is 29.2 Å². The van der Waals surface area contributed by atoms with Gasteiger partial charge in [-0.15, -0.1) is 0 Å². The van der Waals surface area contributed by atoms with Crippen molar-refractivity contribution in [3.8, 4) is 5.75 Å². The second-order valence-corrected chi connectivity index (χ2v) is 6.91. The number of rotatable bonds is 7. The molecule has 5 heteroatoms. The standard InChI is InChI=1S/C26H22F4O/c1-2-31-23-14-12-21(13-15-23)24(26(28,29)30)10-6-9-20-11-16-25(27)22(18-20)17-19-7-4-3-5-8-19/h3-16,18H,2,17H2,1H3. The molecule has 3 rings (SSSR count). The maximum atomic E-state index is 14.2. The van der Waals surface area contributed by atoms with Crippen LogP contribution >= 0.6 is 0 Å². The third kappa shape index (κ3) is 6.32. The minimum atomic E-state index is -4.52. The van der Waals surface area contributed by atoms with Crippen LogP contribution in [0.15, 0.2) is 84.9 Å². The van der Waals surface area contributed by atoms with Gasteiger partial charge in [0.05, 0.1) is 12.2 Å². The molecular weight excluding hydrogens is 404 g/mol. The fourth-order valence-electron chi connectivity index (χ4n) is 3.16. The zero-order valence-corrected chi connectivity index (χ0v) is 17.0. The molecule has 0 aliphatic rings. The highest BCUT2D eigenvalue weighted by Gasteiger charge is 2.34. The van der Waals surface area contributed by atoms with E-state index >= 15 is 0 Å². The Balaban J connectivity index is 1.83. The fourth-order valence-corrected chi connectivity index (χ4v) is 3.16. The van der Waals surface area contributed by atoms with Gasteiger partial charge in [0.1, 0.15) is 11.6 Å². The number of allylic oxidation sites excluding steroid dienone is 3. The number of halogens is 4. The van der Waals surface area contributed by atoms with Gasteiger partial charge in [0.2, 0.25) is 0 Å². The number of alkyl halides is 3. The molecule has 31 heavy (non-hydrogen) atoms. The first-order valence-corrected chi connectivity index (χ1v) is 9.88. The van der Waals surface area contributed by atoms with Gasteiger partial charge >= 0.3 is 6.18 Å². The summed E-state index contributed by atoms with van der Waals surface area (Å²) >= 11 is 0. The lowest BCUT2D eigenvalue weighted by Crippen LogP contribution is -2.10. The molecule has 0 fully saturated rings. The first-order valence-electron chi connectivity index (χ1n) is 9.88. The van der Waals surface area contributed by atoms with E-state index in [2.05, 4.69) is 0 Å². The fraction of sp³-hybridized carbons (Fsp3) is 0.154. The van der Waals surface area contributed by atoms with Crippen molar-refractivity contribution in [1.82, 2.24) is 0 Å². The van der Waals surface area contributed by atoms with Crippen LogP contribution in [0, 0.1) is 5.82 Å². The molecule has 0 aromatic heterocycles. The summed E-state index contributed by atoms with van der Waals surface area (Å²) in [4.78, 5) is 0. The SMILES string of the molecule is CCOc1ccc(C(=CC=Cc2ccc(F)c(Cc3ccccc3)c2)C(F)(F)F)cc1. The van der Waals surface area contributed by atoms with Crippen molar-refractivity contribution in [2.45, 2.75) is 19.5 Å². The van der Waals surface area contributed by atoms with E-state index in [-0.39, 0.29) is 11.4 Å². The van der Waals surface area contributed by atoms with E-state index in [0.717, 1.165) is 11.6 Å². The Bertz CT molecular complexity index is 1050. The van der Waals surface area contributed by atoms with Crippen LogP contribution in [0.5, 0.6) is 5.75 Å². The van der Waals surface area contributed by atoms with Crippen molar-refractivity contribution in [2.75, 3.05) is 6.61 Å². The van der Waals surface area contributed by atoms with Crippen molar-refractivity contribution in [3.05, 3.63) is 113 Å². The lowest BCUT2D eigenvalue weighted by molar-refractivity contribution is -0.0689. The average molecular weight is 426 g/mol. The molecule has 0 amide bonds. The summed E-state index contributed by atoms with van der Waals surface area (Å²) in [5.74, 6) is 0.169. The van der Waals surface area contributed by atoms with Gasteiger partial charge in [-0.25, -0.2) is 4.39 Å². The molecule has 0 spiro atoms. The molecule has 0 heterocycles. The molecule has 1 nitrogen and oxygen atoms in total. The van der Waals surface area contributed by atoms with Crippen molar-refractivity contribution in [1.29, 1.82) is 0 Å². The minimum absolute atomic E-state index is 0.0458. The molecule has 3 aromatic carbocycles. The summed E-state index contributed by atoms with van der Waals surface area (Å²) < 4.78 is 60.1. The maximum absolute atomic E-state index is 14.2. The number of hydrogen-bond acceptors (Lipinski definition) is 1. The molecule has 0 N–H and O–H groups in total. The van der Waals surface area contributed by atoms with E-state index in [1.807, 2.05) is 30.3 Å². The third-order valence-electron chi connectivity index (χ3n) is 4.64. The van der Waals surface area contributed by atoms with E-state index in [1.165, 1.54) is 48.6 Å². The van der Waals surface area contributed by atoms with E-state index in [9.17, 15) is 17.6 Å². The number of benzene rings is 3. The number of ether oxygens (including phenoxy) is 1. The van der Waals surface area contributed by atoms with Gasteiger partial charge < -0.3 is 4.74 Å². The second kappa shape index (κ2) is 10.1. The molecule has 0 saturated heterocycles. The molecule has 0 unspecified atom stereocenters. The highest BCUT2D eigenvalue weighted by atomic mass is 19.4.